The van der Waals surface area contributed by atoms with Crippen LogP contribution in [0.4, 0.5) is 0 Å². The summed E-state index contributed by atoms with van der Waals surface area (Å²) in [5.74, 6) is -0.184. The molecule has 100 valence electrons. The second-order valence-corrected chi connectivity index (χ2v) is 4.93. The van der Waals surface area contributed by atoms with E-state index in [-0.39, 0.29) is 17.9 Å². The quantitative estimate of drug-likeness (QED) is 0.712. The molecule has 3 unspecified atom stereocenters. The van der Waals surface area contributed by atoms with Crippen LogP contribution in [-0.2, 0) is 9.53 Å². The lowest BCUT2D eigenvalue weighted by Gasteiger charge is -2.33. The van der Waals surface area contributed by atoms with Gasteiger partial charge in [0.1, 0.15) is 0 Å². The molecule has 1 fully saturated rings. The molecule has 0 aromatic heterocycles. The van der Waals surface area contributed by atoms with Gasteiger partial charge < -0.3 is 10.1 Å². The summed E-state index contributed by atoms with van der Waals surface area (Å²) in [5, 5.41) is 3.50. The smallest absolute Gasteiger partial charge is 0.309 e. The van der Waals surface area contributed by atoms with Crippen molar-refractivity contribution in [3.8, 4) is 0 Å². The number of rotatable bonds is 6. The number of hydrogen-bond acceptors (Lipinski definition) is 4. The van der Waals surface area contributed by atoms with E-state index in [0.29, 0.717) is 6.04 Å². The minimum atomic E-state index is -0.115. The van der Waals surface area contributed by atoms with Gasteiger partial charge in [0.15, 0.2) is 0 Å². The van der Waals surface area contributed by atoms with Crippen LogP contribution in [0.25, 0.3) is 0 Å². The van der Waals surface area contributed by atoms with Gasteiger partial charge in [-0.15, -0.1) is 0 Å². The highest BCUT2D eigenvalue weighted by molar-refractivity contribution is 5.72. The molecule has 4 heteroatoms. The van der Waals surface area contributed by atoms with Crippen LogP contribution in [0.5, 0.6) is 0 Å². The zero-order chi connectivity index (χ0) is 12.8. The van der Waals surface area contributed by atoms with Crippen LogP contribution < -0.4 is 5.32 Å². The van der Waals surface area contributed by atoms with Gasteiger partial charge in [-0.25, -0.2) is 0 Å². The maximum absolute atomic E-state index is 11.5. The fourth-order valence-corrected chi connectivity index (χ4v) is 2.48. The van der Waals surface area contributed by atoms with Gasteiger partial charge >= 0.3 is 5.97 Å². The number of likely N-dealkylation sites (N-methyl/N-ethyl adjacent to an activating group) is 1. The first-order valence-electron chi connectivity index (χ1n) is 6.65. The summed E-state index contributed by atoms with van der Waals surface area (Å²) in [7, 11) is 1.46. The lowest BCUT2D eigenvalue weighted by atomic mass is 10.0. The first-order valence-corrected chi connectivity index (χ1v) is 6.65. The van der Waals surface area contributed by atoms with E-state index in [2.05, 4.69) is 24.1 Å². The Kier molecular flexibility index (Phi) is 5.92. The summed E-state index contributed by atoms with van der Waals surface area (Å²) in [6.07, 6.45) is 2.51. The summed E-state index contributed by atoms with van der Waals surface area (Å²) >= 11 is 0. The molecule has 4 nitrogen and oxygen atoms in total. The molecule has 1 aliphatic heterocycles. The third kappa shape index (κ3) is 3.96. The molecule has 0 spiro atoms. The number of carbonyl (C=O) groups excluding carboxylic acids is 1. The maximum atomic E-state index is 11.5. The first-order chi connectivity index (χ1) is 8.10. The predicted molar refractivity (Wildman–Crippen MR) is 68.9 cm³/mol. The monoisotopic (exact) mass is 242 g/mol. The number of carbonyl (C=O) groups is 1. The molecule has 0 aliphatic carbocycles. The van der Waals surface area contributed by atoms with E-state index in [0.717, 1.165) is 19.6 Å². The number of methoxy groups -OCH3 is 1. The largest absolute Gasteiger partial charge is 0.469 e. The van der Waals surface area contributed by atoms with E-state index in [9.17, 15) is 4.79 Å². The lowest BCUT2D eigenvalue weighted by Crippen LogP contribution is -2.46. The van der Waals surface area contributed by atoms with Gasteiger partial charge in [0, 0.05) is 18.6 Å². The van der Waals surface area contributed by atoms with E-state index < -0.39 is 0 Å². The predicted octanol–water partition coefficient (Wildman–Crippen LogP) is 1.26. The number of ether oxygens (including phenoxy) is 1. The third-order valence-electron chi connectivity index (χ3n) is 3.90. The molecule has 1 N–H and O–H groups in total. The van der Waals surface area contributed by atoms with Gasteiger partial charge in [0.05, 0.1) is 13.0 Å². The second-order valence-electron chi connectivity index (χ2n) is 4.93. The minimum Gasteiger partial charge on any atom is -0.469 e. The molecule has 1 aliphatic rings. The van der Waals surface area contributed by atoms with Crippen molar-refractivity contribution < 1.29 is 9.53 Å². The van der Waals surface area contributed by atoms with Gasteiger partial charge in [-0.3, -0.25) is 9.69 Å². The Morgan fingerprint density at radius 3 is 2.71 bits per heavy atom. The average molecular weight is 242 g/mol. The highest BCUT2D eigenvalue weighted by Crippen LogP contribution is 2.15. The van der Waals surface area contributed by atoms with Gasteiger partial charge in [-0.1, -0.05) is 13.8 Å². The van der Waals surface area contributed by atoms with Crippen LogP contribution in [-0.4, -0.2) is 49.7 Å². The van der Waals surface area contributed by atoms with Gasteiger partial charge in [-0.2, -0.15) is 0 Å². The molecule has 0 aromatic carbocycles. The Balaban J connectivity index is 2.49. The highest BCUT2D eigenvalue weighted by Gasteiger charge is 2.27. The number of nitrogens with zero attached hydrogens (tertiary/aromatic N) is 1. The average Bonchev–Trinajstić information content (AvgIpc) is 2.85. The molecular formula is C13H26N2O2. The molecular weight excluding hydrogens is 216 g/mol. The molecule has 0 bridgehead atoms. The Bertz CT molecular complexity index is 240. The van der Waals surface area contributed by atoms with Crippen LogP contribution in [0.3, 0.4) is 0 Å². The summed E-state index contributed by atoms with van der Waals surface area (Å²) in [6.45, 7) is 9.33. The Hall–Kier alpha value is -0.610. The van der Waals surface area contributed by atoms with Crippen molar-refractivity contribution in [2.24, 2.45) is 5.92 Å². The molecule has 0 amide bonds. The Morgan fingerprint density at radius 1 is 1.53 bits per heavy atom. The highest BCUT2D eigenvalue weighted by atomic mass is 16.5. The normalized spacial score (nSPS) is 23.7. The van der Waals surface area contributed by atoms with Crippen LogP contribution in [0, 0.1) is 5.92 Å². The third-order valence-corrected chi connectivity index (χ3v) is 3.90. The maximum Gasteiger partial charge on any atom is 0.309 e. The van der Waals surface area contributed by atoms with Crippen molar-refractivity contribution in [1.82, 2.24) is 10.2 Å². The standard InChI is InChI=1S/C13H26N2O2/c1-5-15(9-12-7-6-8-14-12)11(3)10(2)13(16)17-4/h10-12,14H,5-9H2,1-4H3. The molecule has 1 heterocycles. The van der Waals surface area contributed by atoms with Crippen molar-refractivity contribution in [3.05, 3.63) is 0 Å². The number of hydrogen-bond donors (Lipinski definition) is 1. The SMILES string of the molecule is CCN(CC1CCCN1)C(C)C(C)C(=O)OC. The summed E-state index contributed by atoms with van der Waals surface area (Å²) in [4.78, 5) is 13.9. The fraction of sp³-hybridized carbons (Fsp3) is 0.923. The van der Waals surface area contributed by atoms with E-state index >= 15 is 0 Å². The van der Waals surface area contributed by atoms with E-state index in [1.54, 1.807) is 0 Å². The molecule has 0 aromatic rings. The van der Waals surface area contributed by atoms with Crippen molar-refractivity contribution >= 4 is 5.97 Å². The summed E-state index contributed by atoms with van der Waals surface area (Å²) in [5.41, 5.74) is 0. The van der Waals surface area contributed by atoms with Gasteiger partial charge in [-0.05, 0) is 32.9 Å². The summed E-state index contributed by atoms with van der Waals surface area (Å²) in [6, 6.07) is 0.817. The summed E-state index contributed by atoms with van der Waals surface area (Å²) < 4.78 is 4.82. The van der Waals surface area contributed by atoms with E-state index in [1.807, 2.05) is 6.92 Å². The lowest BCUT2D eigenvalue weighted by molar-refractivity contribution is -0.147. The van der Waals surface area contributed by atoms with E-state index in [1.165, 1.54) is 20.0 Å². The van der Waals surface area contributed by atoms with Crippen molar-refractivity contribution in [2.75, 3.05) is 26.7 Å². The zero-order valence-electron chi connectivity index (χ0n) is 11.5. The van der Waals surface area contributed by atoms with Crippen molar-refractivity contribution in [1.29, 1.82) is 0 Å². The zero-order valence-corrected chi connectivity index (χ0v) is 11.5. The minimum absolute atomic E-state index is 0.0682. The second kappa shape index (κ2) is 6.97. The van der Waals surface area contributed by atoms with Crippen molar-refractivity contribution in [2.45, 2.75) is 45.7 Å². The number of esters is 1. The van der Waals surface area contributed by atoms with Crippen LogP contribution >= 0.6 is 0 Å². The molecule has 1 saturated heterocycles. The number of nitrogens with one attached hydrogen (secondary N) is 1. The molecule has 17 heavy (non-hydrogen) atoms. The van der Waals surface area contributed by atoms with Crippen LogP contribution in [0.15, 0.2) is 0 Å². The van der Waals surface area contributed by atoms with Gasteiger partial charge in [0.25, 0.3) is 0 Å². The Morgan fingerprint density at radius 2 is 2.24 bits per heavy atom. The van der Waals surface area contributed by atoms with E-state index in [4.69, 9.17) is 4.74 Å². The van der Waals surface area contributed by atoms with Crippen molar-refractivity contribution in [3.63, 3.8) is 0 Å². The topological polar surface area (TPSA) is 41.6 Å². The molecule has 0 radical (unpaired) electrons. The van der Waals surface area contributed by atoms with Gasteiger partial charge in [0.2, 0.25) is 0 Å². The van der Waals surface area contributed by atoms with Crippen LogP contribution in [0.2, 0.25) is 0 Å². The fourth-order valence-electron chi connectivity index (χ4n) is 2.48. The Labute approximate surface area is 105 Å². The molecule has 1 rings (SSSR count). The first kappa shape index (κ1) is 14.5. The molecule has 0 saturated carbocycles. The molecule has 3 atom stereocenters. The van der Waals surface area contributed by atoms with Crippen LogP contribution in [0.1, 0.15) is 33.6 Å².